The lowest BCUT2D eigenvalue weighted by atomic mass is 10.1. The molecular formula is C24H39N3O12. The van der Waals surface area contributed by atoms with Gasteiger partial charge < -0.3 is 19.1 Å². The number of rotatable bonds is 20. The van der Waals surface area contributed by atoms with E-state index in [-0.39, 0.29) is 76.4 Å². The summed E-state index contributed by atoms with van der Waals surface area (Å²) < 4.78 is 16.0. The number of carbonyl (C=O) groups excluding carboxylic acids is 3. The predicted octanol–water partition coefficient (Wildman–Crippen LogP) is 1.90. The molecule has 0 fully saturated rings. The summed E-state index contributed by atoms with van der Waals surface area (Å²) in [5, 5.41) is 33.5. The highest BCUT2D eigenvalue weighted by atomic mass is 17.1. The first-order valence-corrected chi connectivity index (χ1v) is 12.4. The van der Waals surface area contributed by atoms with Crippen LogP contribution < -0.4 is 4.74 Å². The second kappa shape index (κ2) is 19.2. The van der Waals surface area contributed by atoms with Crippen LogP contribution in [-0.2, 0) is 40.0 Å². The molecule has 1 aromatic carbocycles. The fourth-order valence-corrected chi connectivity index (χ4v) is 3.35. The Bertz CT molecular complexity index is 851. The second-order valence-electron chi connectivity index (χ2n) is 8.66. The van der Waals surface area contributed by atoms with Crippen molar-refractivity contribution in [1.29, 1.82) is 0 Å². The van der Waals surface area contributed by atoms with Crippen LogP contribution in [0.25, 0.3) is 0 Å². The maximum atomic E-state index is 12.8. The minimum absolute atomic E-state index is 0.0317. The topological polar surface area (TPSA) is 188 Å². The molecule has 0 bridgehead atoms. The van der Waals surface area contributed by atoms with Crippen LogP contribution in [-0.4, -0.2) is 100.0 Å². The molecule has 0 saturated heterocycles. The van der Waals surface area contributed by atoms with Gasteiger partial charge in [-0.1, -0.05) is 12.1 Å². The fraction of sp³-hybridized carbons (Fsp3) is 0.625. The lowest BCUT2D eigenvalue weighted by Crippen LogP contribution is -2.45. The zero-order valence-corrected chi connectivity index (χ0v) is 22.4. The Balaban J connectivity index is 2.81. The van der Waals surface area contributed by atoms with E-state index < -0.39 is 22.9 Å². The molecule has 1 unspecified atom stereocenters. The van der Waals surface area contributed by atoms with Crippen molar-refractivity contribution in [2.45, 2.75) is 64.5 Å². The fourth-order valence-electron chi connectivity index (χ4n) is 3.35. The minimum Gasteiger partial charge on any atom is -0.490 e. The van der Waals surface area contributed by atoms with E-state index in [2.05, 4.69) is 14.4 Å². The molecule has 222 valence electrons. The first-order valence-electron chi connectivity index (χ1n) is 12.4. The van der Waals surface area contributed by atoms with Gasteiger partial charge >= 0.3 is 11.9 Å². The van der Waals surface area contributed by atoms with Crippen LogP contribution in [0.4, 0.5) is 0 Å². The molecule has 15 heteroatoms. The summed E-state index contributed by atoms with van der Waals surface area (Å²) in [5.74, 6) is -0.665. The first kappa shape index (κ1) is 34.1. The van der Waals surface area contributed by atoms with Gasteiger partial charge in [-0.3, -0.25) is 44.9 Å². The van der Waals surface area contributed by atoms with Gasteiger partial charge in [-0.15, -0.1) is 0 Å². The molecule has 0 radical (unpaired) electrons. The number of ether oxygens (including phenoxy) is 3. The molecule has 15 nitrogen and oxygen atoms in total. The Morgan fingerprint density at radius 2 is 1.44 bits per heavy atom. The highest BCUT2D eigenvalue weighted by Crippen LogP contribution is 2.16. The van der Waals surface area contributed by atoms with E-state index in [4.69, 9.17) is 30.3 Å². The van der Waals surface area contributed by atoms with E-state index in [0.29, 0.717) is 12.2 Å². The van der Waals surface area contributed by atoms with E-state index >= 15 is 0 Å². The Kier molecular flexibility index (Phi) is 16.8. The maximum absolute atomic E-state index is 12.8. The molecule has 4 N–H and O–H groups in total. The highest BCUT2D eigenvalue weighted by molar-refractivity contribution is 5.76. The van der Waals surface area contributed by atoms with Crippen molar-refractivity contribution in [1.82, 2.24) is 15.7 Å². The van der Waals surface area contributed by atoms with Gasteiger partial charge in [0.25, 0.3) is 0 Å². The van der Waals surface area contributed by atoms with Crippen molar-refractivity contribution < 1.29 is 59.1 Å². The summed E-state index contributed by atoms with van der Waals surface area (Å²) >= 11 is 0. The van der Waals surface area contributed by atoms with Crippen LogP contribution >= 0.6 is 0 Å². The molecule has 0 heterocycles. The summed E-state index contributed by atoms with van der Waals surface area (Å²) in [5.41, 5.74) is 0.911. The van der Waals surface area contributed by atoms with E-state index in [1.165, 1.54) is 12.0 Å². The van der Waals surface area contributed by atoms with Gasteiger partial charge in [-0.05, 0) is 50.8 Å². The summed E-state index contributed by atoms with van der Waals surface area (Å²) in [6.45, 7) is 3.35. The lowest BCUT2D eigenvalue weighted by molar-refractivity contribution is -0.492. The summed E-state index contributed by atoms with van der Waals surface area (Å²) in [6, 6.07) is 6.80. The molecule has 1 amide bonds. The number of hydrogen-bond donors (Lipinski definition) is 4. The molecule has 0 aliphatic rings. The summed E-state index contributed by atoms with van der Waals surface area (Å²) in [6.07, 6.45) is 0.260. The van der Waals surface area contributed by atoms with E-state index in [1.807, 2.05) is 0 Å². The van der Waals surface area contributed by atoms with Crippen molar-refractivity contribution in [2.24, 2.45) is 0 Å². The zero-order chi connectivity index (χ0) is 29.2. The van der Waals surface area contributed by atoms with Crippen LogP contribution in [0.3, 0.4) is 0 Å². The molecule has 0 aromatic heterocycles. The van der Waals surface area contributed by atoms with Crippen molar-refractivity contribution in [3.8, 4) is 5.75 Å². The second-order valence-corrected chi connectivity index (χ2v) is 8.66. The Morgan fingerprint density at radius 3 is 1.97 bits per heavy atom. The molecule has 0 aliphatic heterocycles. The minimum atomic E-state index is -0.836. The Labute approximate surface area is 226 Å². The van der Waals surface area contributed by atoms with Crippen LogP contribution in [0.1, 0.15) is 51.5 Å². The van der Waals surface area contributed by atoms with Crippen molar-refractivity contribution in [3.05, 3.63) is 29.8 Å². The number of esters is 2. The SMILES string of the molecule is COC(=O)CCc1ccc(OCC(CN(C(=O)CCCON(O)O)C(C)C)OC(=O)CCCON(O)O)cc1. The van der Waals surface area contributed by atoms with Crippen LogP contribution in [0.15, 0.2) is 24.3 Å². The molecule has 1 atom stereocenters. The third-order valence-electron chi connectivity index (χ3n) is 5.32. The molecule has 0 saturated carbocycles. The number of methoxy groups -OCH3 is 1. The number of aryl methyl sites for hydroxylation is 1. The molecule has 1 aromatic rings. The van der Waals surface area contributed by atoms with Gasteiger partial charge in [0.05, 0.1) is 37.6 Å². The maximum Gasteiger partial charge on any atom is 0.306 e. The van der Waals surface area contributed by atoms with Gasteiger partial charge in [0, 0.05) is 25.3 Å². The number of carbonyl (C=O) groups is 3. The molecule has 1 rings (SSSR count). The van der Waals surface area contributed by atoms with Crippen LogP contribution in [0.2, 0.25) is 0 Å². The van der Waals surface area contributed by atoms with Gasteiger partial charge in [0.2, 0.25) is 5.91 Å². The molecule has 0 spiro atoms. The zero-order valence-electron chi connectivity index (χ0n) is 22.4. The predicted molar refractivity (Wildman–Crippen MR) is 130 cm³/mol. The van der Waals surface area contributed by atoms with Crippen molar-refractivity contribution in [2.75, 3.05) is 33.5 Å². The molecular weight excluding hydrogens is 522 g/mol. The highest BCUT2D eigenvalue weighted by Gasteiger charge is 2.25. The number of benzene rings is 1. The van der Waals surface area contributed by atoms with Gasteiger partial charge in [0.1, 0.15) is 12.4 Å². The monoisotopic (exact) mass is 561 g/mol. The van der Waals surface area contributed by atoms with Crippen molar-refractivity contribution >= 4 is 17.8 Å². The number of hydrogen-bond acceptors (Lipinski definition) is 14. The third-order valence-corrected chi connectivity index (χ3v) is 5.32. The van der Waals surface area contributed by atoms with Crippen LogP contribution in [0, 0.1) is 0 Å². The largest absolute Gasteiger partial charge is 0.490 e. The van der Waals surface area contributed by atoms with E-state index in [1.54, 1.807) is 38.1 Å². The van der Waals surface area contributed by atoms with Gasteiger partial charge in [0.15, 0.2) is 6.10 Å². The summed E-state index contributed by atoms with van der Waals surface area (Å²) in [4.78, 5) is 47.0. The van der Waals surface area contributed by atoms with Gasteiger partial charge in [-0.2, -0.15) is 0 Å². The van der Waals surface area contributed by atoms with E-state index in [0.717, 1.165) is 5.56 Å². The number of nitrogens with zero attached hydrogens (tertiary/aromatic N) is 3. The normalized spacial score (nSPS) is 12.1. The first-order chi connectivity index (χ1) is 18.5. The van der Waals surface area contributed by atoms with Gasteiger partial charge in [-0.25, -0.2) is 0 Å². The standard InChI is InChI=1S/C24H39N3O12/c1-18(2)25(22(28)6-4-14-37-26(31)32)16-21(39-24(30)7-5-15-38-27(33)34)17-36-20-11-8-19(9-12-20)10-13-23(29)35-3/h8-9,11-12,18,21,31-34H,4-7,10,13-17H2,1-3H3. The Hall–Kier alpha value is -2.89. The molecule has 0 aliphatic carbocycles. The average Bonchev–Trinajstić information content (AvgIpc) is 2.89. The summed E-state index contributed by atoms with van der Waals surface area (Å²) in [7, 11) is 1.33. The smallest absolute Gasteiger partial charge is 0.306 e. The Morgan fingerprint density at radius 1 is 0.846 bits per heavy atom. The van der Waals surface area contributed by atoms with Crippen LogP contribution in [0.5, 0.6) is 5.75 Å². The molecule has 39 heavy (non-hydrogen) atoms. The van der Waals surface area contributed by atoms with Crippen molar-refractivity contribution in [3.63, 3.8) is 0 Å². The third kappa shape index (κ3) is 16.0. The lowest BCUT2D eigenvalue weighted by Gasteiger charge is -2.31. The average molecular weight is 562 g/mol. The number of amides is 1. The quantitative estimate of drug-likeness (QED) is 0.103. The van der Waals surface area contributed by atoms with E-state index in [9.17, 15) is 14.4 Å².